The van der Waals surface area contributed by atoms with Crippen LogP contribution in [0, 0.1) is 0 Å². The zero-order valence-corrected chi connectivity index (χ0v) is 16.5. The Morgan fingerprint density at radius 1 is 0.857 bits per heavy atom. The van der Waals surface area contributed by atoms with Crippen molar-refractivity contribution in [1.82, 2.24) is 14.9 Å². The number of nitrogens with zero attached hydrogens (tertiary/aromatic N) is 4. The van der Waals surface area contributed by atoms with Crippen LogP contribution in [0.1, 0.15) is 11.1 Å². The second-order valence-corrected chi connectivity index (χ2v) is 7.41. The van der Waals surface area contributed by atoms with Gasteiger partial charge in [-0.25, -0.2) is 4.98 Å². The summed E-state index contributed by atoms with van der Waals surface area (Å²) >= 11 is 5.94. The van der Waals surface area contributed by atoms with Gasteiger partial charge in [0, 0.05) is 50.5 Å². The molecule has 4 rings (SSSR count). The van der Waals surface area contributed by atoms with Crippen molar-refractivity contribution in [3.63, 3.8) is 0 Å². The summed E-state index contributed by atoms with van der Waals surface area (Å²) in [6, 6.07) is 20.4. The van der Waals surface area contributed by atoms with Crippen molar-refractivity contribution in [2.75, 3.05) is 36.4 Å². The highest BCUT2D eigenvalue weighted by Crippen LogP contribution is 2.16. The first-order valence-corrected chi connectivity index (χ1v) is 9.97. The fourth-order valence-corrected chi connectivity index (χ4v) is 3.47. The normalized spacial score (nSPS) is 14.8. The maximum Gasteiger partial charge on any atom is 0.227 e. The van der Waals surface area contributed by atoms with Gasteiger partial charge in [-0.3, -0.25) is 4.90 Å². The molecule has 0 bridgehead atoms. The van der Waals surface area contributed by atoms with Gasteiger partial charge in [0.1, 0.15) is 5.82 Å². The first-order valence-electron chi connectivity index (χ1n) is 9.59. The average Bonchev–Trinajstić information content (AvgIpc) is 2.75. The van der Waals surface area contributed by atoms with Crippen LogP contribution in [0.25, 0.3) is 0 Å². The quantitative estimate of drug-likeness (QED) is 0.684. The Balaban J connectivity index is 1.31. The number of halogens is 1. The lowest BCUT2D eigenvalue weighted by molar-refractivity contribution is 0.248. The molecule has 6 heteroatoms. The fourth-order valence-electron chi connectivity index (χ4n) is 3.34. The van der Waals surface area contributed by atoms with Crippen LogP contribution in [0.2, 0.25) is 5.02 Å². The maximum absolute atomic E-state index is 5.94. The van der Waals surface area contributed by atoms with Crippen molar-refractivity contribution >= 4 is 23.4 Å². The van der Waals surface area contributed by atoms with E-state index in [1.807, 2.05) is 36.5 Å². The third kappa shape index (κ3) is 5.00. The monoisotopic (exact) mass is 393 g/mol. The molecule has 1 aliphatic rings. The molecule has 0 amide bonds. The Bertz CT molecular complexity index is 877. The lowest BCUT2D eigenvalue weighted by atomic mass is 10.2. The molecule has 3 aromatic rings. The summed E-state index contributed by atoms with van der Waals surface area (Å²) in [5.41, 5.74) is 2.53. The standard InChI is InChI=1S/C22H24ClN5/c23-20-8-6-18(7-9-20)16-25-21-10-11-24-22(26-21)28-14-12-27(13-15-28)17-19-4-2-1-3-5-19/h1-11H,12-17H2,(H,24,25,26). The van der Waals surface area contributed by atoms with Crippen LogP contribution >= 0.6 is 11.6 Å². The Morgan fingerprint density at radius 3 is 2.36 bits per heavy atom. The number of rotatable bonds is 6. The topological polar surface area (TPSA) is 44.3 Å². The largest absolute Gasteiger partial charge is 0.366 e. The van der Waals surface area contributed by atoms with Crippen LogP contribution in [-0.2, 0) is 13.1 Å². The van der Waals surface area contributed by atoms with E-state index in [9.17, 15) is 0 Å². The number of anilines is 2. The van der Waals surface area contributed by atoms with Gasteiger partial charge < -0.3 is 10.2 Å². The van der Waals surface area contributed by atoms with E-state index in [0.717, 1.165) is 49.5 Å². The first kappa shape index (κ1) is 18.7. The van der Waals surface area contributed by atoms with Gasteiger partial charge in [-0.15, -0.1) is 0 Å². The Labute approximate surface area is 171 Å². The summed E-state index contributed by atoms with van der Waals surface area (Å²) in [7, 11) is 0. The van der Waals surface area contributed by atoms with Gasteiger partial charge in [0.15, 0.2) is 0 Å². The van der Waals surface area contributed by atoms with Crippen LogP contribution in [0.4, 0.5) is 11.8 Å². The Morgan fingerprint density at radius 2 is 1.61 bits per heavy atom. The summed E-state index contributed by atoms with van der Waals surface area (Å²) in [6.45, 7) is 5.61. The Kier molecular flexibility index (Phi) is 6.04. The predicted octanol–water partition coefficient (Wildman–Crippen LogP) is 4.06. The number of benzene rings is 2. The highest BCUT2D eigenvalue weighted by Gasteiger charge is 2.19. The summed E-state index contributed by atoms with van der Waals surface area (Å²) in [4.78, 5) is 13.9. The molecule has 5 nitrogen and oxygen atoms in total. The van der Waals surface area contributed by atoms with E-state index < -0.39 is 0 Å². The summed E-state index contributed by atoms with van der Waals surface area (Å²) in [5.74, 6) is 1.63. The highest BCUT2D eigenvalue weighted by molar-refractivity contribution is 6.30. The average molecular weight is 394 g/mol. The van der Waals surface area contributed by atoms with Crippen molar-refractivity contribution in [2.24, 2.45) is 0 Å². The van der Waals surface area contributed by atoms with Crippen LogP contribution in [0.15, 0.2) is 66.9 Å². The van der Waals surface area contributed by atoms with Crippen LogP contribution < -0.4 is 10.2 Å². The first-order chi connectivity index (χ1) is 13.8. The predicted molar refractivity (Wildman–Crippen MR) is 115 cm³/mol. The highest BCUT2D eigenvalue weighted by atomic mass is 35.5. The van der Waals surface area contributed by atoms with Gasteiger partial charge in [0.25, 0.3) is 0 Å². The number of piperazine rings is 1. The SMILES string of the molecule is Clc1ccc(CNc2ccnc(N3CCN(Cc4ccccc4)CC3)n2)cc1. The smallest absolute Gasteiger partial charge is 0.227 e. The van der Waals surface area contributed by atoms with Crippen LogP contribution in [-0.4, -0.2) is 41.0 Å². The van der Waals surface area contributed by atoms with E-state index in [2.05, 4.69) is 50.4 Å². The second kappa shape index (κ2) is 9.04. The zero-order valence-electron chi connectivity index (χ0n) is 15.8. The number of hydrogen-bond donors (Lipinski definition) is 1. The minimum Gasteiger partial charge on any atom is -0.366 e. The lowest BCUT2D eigenvalue weighted by Gasteiger charge is -2.34. The number of hydrogen-bond acceptors (Lipinski definition) is 5. The van der Waals surface area contributed by atoms with E-state index in [1.165, 1.54) is 11.1 Å². The molecule has 1 saturated heterocycles. The molecule has 0 unspecified atom stereocenters. The molecule has 2 aromatic carbocycles. The third-order valence-electron chi connectivity index (χ3n) is 4.93. The fraction of sp³-hybridized carbons (Fsp3) is 0.273. The molecule has 0 aliphatic carbocycles. The maximum atomic E-state index is 5.94. The van der Waals surface area contributed by atoms with Crippen molar-refractivity contribution in [3.05, 3.63) is 83.0 Å². The van der Waals surface area contributed by atoms with Gasteiger partial charge >= 0.3 is 0 Å². The second-order valence-electron chi connectivity index (χ2n) is 6.97. The van der Waals surface area contributed by atoms with E-state index in [-0.39, 0.29) is 0 Å². The summed E-state index contributed by atoms with van der Waals surface area (Å²) < 4.78 is 0. The molecular weight excluding hydrogens is 370 g/mol. The summed E-state index contributed by atoms with van der Waals surface area (Å²) in [6.07, 6.45) is 1.82. The molecule has 0 radical (unpaired) electrons. The van der Waals surface area contributed by atoms with Gasteiger partial charge in [-0.2, -0.15) is 4.98 Å². The zero-order chi connectivity index (χ0) is 19.2. The van der Waals surface area contributed by atoms with E-state index in [0.29, 0.717) is 6.54 Å². The molecule has 2 heterocycles. The molecule has 0 atom stereocenters. The van der Waals surface area contributed by atoms with Gasteiger partial charge in [-0.1, -0.05) is 54.1 Å². The molecule has 1 aromatic heterocycles. The van der Waals surface area contributed by atoms with Crippen molar-refractivity contribution < 1.29 is 0 Å². The molecule has 28 heavy (non-hydrogen) atoms. The molecule has 1 N–H and O–H groups in total. The van der Waals surface area contributed by atoms with E-state index in [4.69, 9.17) is 16.6 Å². The Hall–Kier alpha value is -2.63. The number of aromatic nitrogens is 2. The molecule has 1 fully saturated rings. The number of nitrogens with one attached hydrogen (secondary N) is 1. The minimum atomic E-state index is 0.707. The van der Waals surface area contributed by atoms with Gasteiger partial charge in [0.2, 0.25) is 5.95 Å². The lowest BCUT2D eigenvalue weighted by Crippen LogP contribution is -2.46. The van der Waals surface area contributed by atoms with Crippen molar-refractivity contribution in [2.45, 2.75) is 13.1 Å². The van der Waals surface area contributed by atoms with Crippen LogP contribution in [0.5, 0.6) is 0 Å². The van der Waals surface area contributed by atoms with Gasteiger partial charge in [0.05, 0.1) is 0 Å². The van der Waals surface area contributed by atoms with Crippen LogP contribution in [0.3, 0.4) is 0 Å². The molecule has 144 valence electrons. The summed E-state index contributed by atoms with van der Waals surface area (Å²) in [5, 5.41) is 4.12. The van der Waals surface area contributed by atoms with Gasteiger partial charge in [-0.05, 0) is 29.3 Å². The van der Waals surface area contributed by atoms with Crippen molar-refractivity contribution in [1.29, 1.82) is 0 Å². The molecule has 0 spiro atoms. The van der Waals surface area contributed by atoms with Crippen molar-refractivity contribution in [3.8, 4) is 0 Å². The minimum absolute atomic E-state index is 0.707. The van der Waals surface area contributed by atoms with E-state index >= 15 is 0 Å². The van der Waals surface area contributed by atoms with E-state index in [1.54, 1.807) is 0 Å². The molecule has 1 aliphatic heterocycles. The third-order valence-corrected chi connectivity index (χ3v) is 5.19. The molecular formula is C22H24ClN5. The molecule has 0 saturated carbocycles.